The number of ether oxygens (including phenoxy) is 2. The first-order valence-electron chi connectivity index (χ1n) is 9.39. The average molecular weight is 359 g/mol. The van der Waals surface area contributed by atoms with E-state index in [1.54, 1.807) is 7.11 Å². The Morgan fingerprint density at radius 3 is 2.63 bits per heavy atom. The van der Waals surface area contributed by atoms with Crippen molar-refractivity contribution in [3.05, 3.63) is 59.5 Å². The van der Waals surface area contributed by atoms with Crippen LogP contribution in [0, 0.1) is 6.92 Å². The number of methoxy groups -OCH3 is 1. The number of aromatic nitrogens is 1. The molecule has 0 saturated carbocycles. The van der Waals surface area contributed by atoms with Gasteiger partial charge in [-0.25, -0.2) is 0 Å². The molecule has 0 radical (unpaired) electrons. The topological polar surface area (TPSA) is 44.5 Å². The second-order valence-corrected chi connectivity index (χ2v) is 7.12. The van der Waals surface area contributed by atoms with Crippen molar-refractivity contribution >= 4 is 21.9 Å². The van der Waals surface area contributed by atoms with E-state index < -0.39 is 0 Å². The molecule has 0 spiro atoms. The zero-order chi connectivity index (χ0) is 18.4. The van der Waals surface area contributed by atoms with Gasteiger partial charge in [-0.2, -0.15) is 0 Å². The van der Waals surface area contributed by atoms with Crippen molar-refractivity contribution in [1.82, 2.24) is 4.98 Å². The van der Waals surface area contributed by atoms with E-state index in [0.717, 1.165) is 58.0 Å². The van der Waals surface area contributed by atoms with Crippen LogP contribution in [-0.2, 0) is 12.8 Å². The first-order valence-corrected chi connectivity index (χ1v) is 9.39. The minimum Gasteiger partial charge on any atom is -0.497 e. The molecule has 4 nitrogen and oxygen atoms in total. The van der Waals surface area contributed by atoms with Gasteiger partial charge >= 0.3 is 0 Å². The minimum absolute atomic E-state index is 0.785. The molecule has 27 heavy (non-hydrogen) atoms. The maximum absolute atomic E-state index is 6.30. The molecule has 4 aromatic rings. The van der Waals surface area contributed by atoms with Crippen LogP contribution in [0.4, 0.5) is 0 Å². The lowest BCUT2D eigenvalue weighted by atomic mass is 9.96. The van der Waals surface area contributed by atoms with Crippen LogP contribution in [0.3, 0.4) is 0 Å². The maximum atomic E-state index is 6.30. The van der Waals surface area contributed by atoms with Crippen molar-refractivity contribution in [2.24, 2.45) is 0 Å². The Hall–Kier alpha value is -3.01. The lowest BCUT2D eigenvalue weighted by Gasteiger charge is -2.12. The van der Waals surface area contributed by atoms with E-state index >= 15 is 0 Å². The first-order chi connectivity index (χ1) is 13.2. The highest BCUT2D eigenvalue weighted by atomic mass is 16.5. The van der Waals surface area contributed by atoms with Crippen LogP contribution in [0.25, 0.3) is 21.9 Å². The number of rotatable bonds is 3. The quantitative estimate of drug-likeness (QED) is 0.452. The Balaban J connectivity index is 1.60. The molecule has 0 unspecified atom stereocenters. The third-order valence-electron chi connectivity index (χ3n) is 5.26. The molecule has 0 saturated heterocycles. The minimum atomic E-state index is 0.785. The van der Waals surface area contributed by atoms with E-state index in [9.17, 15) is 0 Å². The van der Waals surface area contributed by atoms with Crippen molar-refractivity contribution in [3.63, 3.8) is 0 Å². The molecule has 5 rings (SSSR count). The summed E-state index contributed by atoms with van der Waals surface area (Å²) in [5, 5.41) is 2.11. The van der Waals surface area contributed by atoms with Gasteiger partial charge in [0.25, 0.3) is 0 Å². The van der Waals surface area contributed by atoms with Crippen molar-refractivity contribution in [3.8, 4) is 17.2 Å². The third-order valence-corrected chi connectivity index (χ3v) is 5.26. The average Bonchev–Trinajstić information content (AvgIpc) is 3.06. The van der Waals surface area contributed by atoms with E-state index in [-0.39, 0.29) is 0 Å². The van der Waals surface area contributed by atoms with Gasteiger partial charge < -0.3 is 13.9 Å². The summed E-state index contributed by atoms with van der Waals surface area (Å²) in [5.74, 6) is 3.53. The third kappa shape index (κ3) is 2.81. The fraction of sp³-hybridized carbons (Fsp3) is 0.261. The van der Waals surface area contributed by atoms with Gasteiger partial charge in [-0.1, -0.05) is 0 Å². The van der Waals surface area contributed by atoms with Gasteiger partial charge in [-0.15, -0.1) is 0 Å². The monoisotopic (exact) mass is 359 g/mol. The van der Waals surface area contributed by atoms with Crippen molar-refractivity contribution in [2.45, 2.75) is 32.6 Å². The molecule has 1 aliphatic carbocycles. The van der Waals surface area contributed by atoms with E-state index in [4.69, 9.17) is 13.9 Å². The number of benzene rings is 2. The molecular weight excluding hydrogens is 338 g/mol. The Morgan fingerprint density at radius 2 is 1.74 bits per heavy atom. The number of pyridine rings is 1. The molecular formula is C23H21NO3. The summed E-state index contributed by atoms with van der Waals surface area (Å²) in [6.07, 6.45) is 4.55. The van der Waals surface area contributed by atoms with Gasteiger partial charge in [0, 0.05) is 34.5 Å². The molecule has 0 aliphatic heterocycles. The van der Waals surface area contributed by atoms with Crippen LogP contribution in [0.1, 0.15) is 29.9 Å². The number of fused-ring (bicyclic) bond motifs is 4. The standard InChI is InChI=1S/C23H21NO3/c1-14-11-23(19-12-15(25-2)7-9-20(19)24-14)26-16-8-10-22-18(13-16)17-5-3-4-6-21(17)27-22/h7-13H,3-6H2,1-2H3. The lowest BCUT2D eigenvalue weighted by molar-refractivity contribution is 0.415. The summed E-state index contributed by atoms with van der Waals surface area (Å²) in [6, 6.07) is 13.9. The van der Waals surface area contributed by atoms with Crippen molar-refractivity contribution in [2.75, 3.05) is 7.11 Å². The highest BCUT2D eigenvalue weighted by molar-refractivity contribution is 5.88. The highest BCUT2D eigenvalue weighted by Gasteiger charge is 2.18. The van der Waals surface area contributed by atoms with Crippen LogP contribution < -0.4 is 9.47 Å². The Kier molecular flexibility index (Phi) is 3.78. The van der Waals surface area contributed by atoms with Gasteiger partial charge in [0.2, 0.25) is 0 Å². The normalized spacial score (nSPS) is 13.7. The van der Waals surface area contributed by atoms with E-state index in [0.29, 0.717) is 0 Å². The molecule has 2 aromatic heterocycles. The molecule has 0 fully saturated rings. The molecule has 0 bridgehead atoms. The summed E-state index contributed by atoms with van der Waals surface area (Å²) < 4.78 is 17.7. The number of aryl methyl sites for hydroxylation is 3. The molecule has 2 heterocycles. The van der Waals surface area contributed by atoms with Crippen molar-refractivity contribution in [1.29, 1.82) is 0 Å². The molecule has 1 aliphatic rings. The number of hydrogen-bond acceptors (Lipinski definition) is 4. The van der Waals surface area contributed by atoms with Crippen LogP contribution in [0.15, 0.2) is 46.9 Å². The summed E-state index contributed by atoms with van der Waals surface area (Å²) in [7, 11) is 1.67. The second-order valence-electron chi connectivity index (χ2n) is 7.12. The molecule has 0 amide bonds. The zero-order valence-corrected chi connectivity index (χ0v) is 15.5. The summed E-state index contributed by atoms with van der Waals surface area (Å²) in [4.78, 5) is 4.60. The van der Waals surface area contributed by atoms with E-state index in [1.807, 2.05) is 43.3 Å². The maximum Gasteiger partial charge on any atom is 0.138 e. The smallest absolute Gasteiger partial charge is 0.138 e. The molecule has 0 atom stereocenters. The van der Waals surface area contributed by atoms with Crippen LogP contribution >= 0.6 is 0 Å². The van der Waals surface area contributed by atoms with Gasteiger partial charge in [0.1, 0.15) is 28.6 Å². The zero-order valence-electron chi connectivity index (χ0n) is 15.5. The number of hydrogen-bond donors (Lipinski definition) is 0. The fourth-order valence-electron chi connectivity index (χ4n) is 3.94. The van der Waals surface area contributed by atoms with Gasteiger partial charge in [-0.05, 0) is 62.6 Å². The second kappa shape index (κ2) is 6.31. The molecule has 0 N–H and O–H groups in total. The first kappa shape index (κ1) is 16.2. The van der Waals surface area contributed by atoms with Crippen molar-refractivity contribution < 1.29 is 13.9 Å². The van der Waals surface area contributed by atoms with Crippen LogP contribution in [0.5, 0.6) is 17.2 Å². The fourth-order valence-corrected chi connectivity index (χ4v) is 3.94. The number of furan rings is 1. The lowest BCUT2D eigenvalue weighted by Crippen LogP contribution is -1.98. The Bertz CT molecular complexity index is 1160. The Morgan fingerprint density at radius 1 is 0.926 bits per heavy atom. The van der Waals surface area contributed by atoms with Crippen LogP contribution in [-0.4, -0.2) is 12.1 Å². The number of nitrogens with zero attached hydrogens (tertiary/aromatic N) is 1. The van der Waals surface area contributed by atoms with Crippen LogP contribution in [0.2, 0.25) is 0 Å². The summed E-state index contributed by atoms with van der Waals surface area (Å²) in [6.45, 7) is 1.98. The Labute approximate surface area is 157 Å². The van der Waals surface area contributed by atoms with E-state index in [1.165, 1.54) is 23.8 Å². The van der Waals surface area contributed by atoms with Gasteiger partial charge in [-0.3, -0.25) is 4.98 Å². The van der Waals surface area contributed by atoms with Gasteiger partial charge in [0.15, 0.2) is 0 Å². The largest absolute Gasteiger partial charge is 0.497 e. The van der Waals surface area contributed by atoms with E-state index in [2.05, 4.69) is 11.1 Å². The summed E-state index contributed by atoms with van der Waals surface area (Å²) >= 11 is 0. The molecule has 136 valence electrons. The molecule has 2 aromatic carbocycles. The SMILES string of the molecule is COc1ccc2nc(C)cc(Oc3ccc4oc5c(c4c3)CCCC5)c2c1. The van der Waals surface area contributed by atoms with Gasteiger partial charge in [0.05, 0.1) is 12.6 Å². The highest BCUT2D eigenvalue weighted by Crippen LogP contribution is 2.37. The molecule has 4 heteroatoms. The predicted octanol–water partition coefficient (Wildman–Crippen LogP) is 5.97. The summed E-state index contributed by atoms with van der Waals surface area (Å²) in [5.41, 5.74) is 4.11. The predicted molar refractivity (Wildman–Crippen MR) is 106 cm³/mol.